The monoisotopic (exact) mass is 250 g/mol. The minimum atomic E-state index is 0.0560. The molecule has 3 nitrogen and oxygen atoms in total. The van der Waals surface area contributed by atoms with Crippen molar-refractivity contribution in [3.63, 3.8) is 0 Å². The first kappa shape index (κ1) is 11.2. The van der Waals surface area contributed by atoms with E-state index in [4.69, 9.17) is 5.73 Å². The van der Waals surface area contributed by atoms with Gasteiger partial charge in [0, 0.05) is 17.5 Å². The average Bonchev–Trinajstić information content (AvgIpc) is 2.94. The van der Waals surface area contributed by atoms with Gasteiger partial charge in [0.05, 0.1) is 4.88 Å². The summed E-state index contributed by atoms with van der Waals surface area (Å²) in [6, 6.07) is 2.20. The van der Waals surface area contributed by atoms with E-state index in [1.165, 1.54) is 29.7 Å². The Bertz CT molecular complexity index is 415. The molecule has 3 N–H and O–H groups in total. The Balaban J connectivity index is 1.57. The van der Waals surface area contributed by atoms with Gasteiger partial charge in [-0.3, -0.25) is 4.79 Å². The second-order valence-electron chi connectivity index (χ2n) is 5.12. The van der Waals surface area contributed by atoms with Crippen LogP contribution in [0.25, 0.3) is 0 Å². The summed E-state index contributed by atoms with van der Waals surface area (Å²) < 4.78 is 0. The van der Waals surface area contributed by atoms with Crippen LogP contribution in [-0.4, -0.2) is 18.5 Å². The van der Waals surface area contributed by atoms with E-state index in [9.17, 15) is 4.79 Å². The molecule has 4 heteroatoms. The number of hydrogen-bond acceptors (Lipinski definition) is 3. The maximum atomic E-state index is 11.9. The van der Waals surface area contributed by atoms with E-state index in [-0.39, 0.29) is 11.9 Å². The standard InChI is InChI=1S/C13H18N2OS/c14-10(8-4-5-8)7-15-13(16)12-6-9-2-1-3-11(9)17-12/h6,8,10H,1-5,7,14H2,(H,15,16). The highest BCUT2D eigenvalue weighted by Crippen LogP contribution is 2.32. The highest BCUT2D eigenvalue weighted by Gasteiger charge is 2.28. The summed E-state index contributed by atoms with van der Waals surface area (Å²) in [7, 11) is 0. The van der Waals surface area contributed by atoms with Gasteiger partial charge in [-0.15, -0.1) is 11.3 Å². The number of fused-ring (bicyclic) bond motifs is 1. The smallest absolute Gasteiger partial charge is 0.261 e. The fourth-order valence-corrected chi connectivity index (χ4v) is 3.60. The molecule has 0 aliphatic heterocycles. The molecule has 2 aliphatic rings. The lowest BCUT2D eigenvalue weighted by Crippen LogP contribution is -2.38. The minimum absolute atomic E-state index is 0.0560. The Morgan fingerprint density at radius 3 is 3.06 bits per heavy atom. The maximum Gasteiger partial charge on any atom is 0.261 e. The van der Waals surface area contributed by atoms with E-state index in [1.807, 2.05) is 0 Å². The van der Waals surface area contributed by atoms with Crippen molar-refractivity contribution in [1.82, 2.24) is 5.32 Å². The molecule has 1 atom stereocenters. The van der Waals surface area contributed by atoms with Gasteiger partial charge in [-0.05, 0) is 49.7 Å². The maximum absolute atomic E-state index is 11.9. The predicted molar refractivity (Wildman–Crippen MR) is 69.4 cm³/mol. The number of aryl methyl sites for hydroxylation is 2. The normalized spacial score (nSPS) is 20.1. The van der Waals surface area contributed by atoms with E-state index < -0.39 is 0 Å². The second-order valence-corrected chi connectivity index (χ2v) is 6.26. The lowest BCUT2D eigenvalue weighted by molar-refractivity contribution is 0.0954. The molecule has 1 fully saturated rings. The number of nitrogens with one attached hydrogen (secondary N) is 1. The van der Waals surface area contributed by atoms with Crippen molar-refractivity contribution in [3.05, 3.63) is 21.4 Å². The summed E-state index contributed by atoms with van der Waals surface area (Å²) in [6.07, 6.45) is 5.99. The average molecular weight is 250 g/mol. The molecule has 3 rings (SSSR count). The third-order valence-corrected chi connectivity index (χ3v) is 4.93. The van der Waals surface area contributed by atoms with Crippen LogP contribution in [0.5, 0.6) is 0 Å². The first-order valence-electron chi connectivity index (χ1n) is 6.39. The van der Waals surface area contributed by atoms with Crippen LogP contribution in [0.1, 0.15) is 39.4 Å². The third-order valence-electron chi connectivity index (χ3n) is 3.70. The summed E-state index contributed by atoms with van der Waals surface area (Å²) in [4.78, 5) is 14.2. The van der Waals surface area contributed by atoms with Gasteiger partial charge in [-0.1, -0.05) is 0 Å². The van der Waals surface area contributed by atoms with Gasteiger partial charge in [0.2, 0.25) is 0 Å². The Morgan fingerprint density at radius 2 is 2.35 bits per heavy atom. The van der Waals surface area contributed by atoms with Gasteiger partial charge in [0.25, 0.3) is 5.91 Å². The molecule has 1 amide bonds. The first-order chi connectivity index (χ1) is 8.24. The van der Waals surface area contributed by atoms with Crippen LogP contribution in [0, 0.1) is 5.92 Å². The quantitative estimate of drug-likeness (QED) is 0.854. The number of nitrogens with two attached hydrogens (primary N) is 1. The van der Waals surface area contributed by atoms with Crippen LogP contribution < -0.4 is 11.1 Å². The van der Waals surface area contributed by atoms with E-state index >= 15 is 0 Å². The molecule has 0 saturated heterocycles. The van der Waals surface area contributed by atoms with Crippen LogP contribution in [-0.2, 0) is 12.8 Å². The molecule has 0 spiro atoms. The van der Waals surface area contributed by atoms with Gasteiger partial charge in [0.15, 0.2) is 0 Å². The number of carbonyl (C=O) groups excluding carboxylic acids is 1. The first-order valence-corrected chi connectivity index (χ1v) is 7.21. The Morgan fingerprint density at radius 1 is 1.53 bits per heavy atom. The molecular weight excluding hydrogens is 232 g/mol. The largest absolute Gasteiger partial charge is 0.350 e. The predicted octanol–water partition coefficient (Wildman–Crippen LogP) is 1.70. The van der Waals surface area contributed by atoms with Crippen LogP contribution in [0.15, 0.2) is 6.07 Å². The van der Waals surface area contributed by atoms with Gasteiger partial charge in [0.1, 0.15) is 0 Å². The third kappa shape index (κ3) is 2.38. The van der Waals surface area contributed by atoms with E-state index in [0.29, 0.717) is 12.5 Å². The summed E-state index contributed by atoms with van der Waals surface area (Å²) in [5.41, 5.74) is 7.35. The lowest BCUT2D eigenvalue weighted by Gasteiger charge is -2.10. The van der Waals surface area contributed by atoms with Crippen LogP contribution >= 0.6 is 11.3 Å². The fourth-order valence-electron chi connectivity index (χ4n) is 2.43. The summed E-state index contributed by atoms with van der Waals surface area (Å²) in [6.45, 7) is 0.617. The van der Waals surface area contributed by atoms with Gasteiger partial charge in [-0.25, -0.2) is 0 Å². The van der Waals surface area contributed by atoms with Crippen LogP contribution in [0.3, 0.4) is 0 Å². The van der Waals surface area contributed by atoms with Crippen molar-refractivity contribution in [1.29, 1.82) is 0 Å². The molecule has 0 radical (unpaired) electrons. The zero-order valence-electron chi connectivity index (χ0n) is 9.87. The molecule has 1 aromatic heterocycles. The SMILES string of the molecule is NC(CNC(=O)c1cc2c(s1)CCC2)C1CC1. The Kier molecular flexibility index (Phi) is 2.92. The molecule has 2 aliphatic carbocycles. The summed E-state index contributed by atoms with van der Waals surface area (Å²) in [5.74, 6) is 0.698. The summed E-state index contributed by atoms with van der Waals surface area (Å²) in [5, 5.41) is 2.96. The number of amides is 1. The van der Waals surface area contributed by atoms with Gasteiger partial charge in [-0.2, -0.15) is 0 Å². The van der Waals surface area contributed by atoms with Crippen molar-refractivity contribution in [2.24, 2.45) is 11.7 Å². The molecule has 92 valence electrons. The van der Waals surface area contributed by atoms with E-state index in [2.05, 4.69) is 11.4 Å². The Labute approximate surface area is 105 Å². The number of carbonyl (C=O) groups is 1. The highest BCUT2D eigenvalue weighted by atomic mass is 32.1. The molecular formula is C13H18N2OS. The van der Waals surface area contributed by atoms with E-state index in [1.54, 1.807) is 11.3 Å². The molecule has 1 heterocycles. The van der Waals surface area contributed by atoms with Crippen LogP contribution in [0.4, 0.5) is 0 Å². The Hall–Kier alpha value is -0.870. The molecule has 1 aromatic rings. The fraction of sp³-hybridized carbons (Fsp3) is 0.615. The van der Waals surface area contributed by atoms with Crippen molar-refractivity contribution >= 4 is 17.2 Å². The number of hydrogen-bond donors (Lipinski definition) is 2. The molecule has 1 saturated carbocycles. The van der Waals surface area contributed by atoms with Gasteiger partial charge < -0.3 is 11.1 Å². The lowest BCUT2D eigenvalue weighted by atomic mass is 10.2. The molecule has 1 unspecified atom stereocenters. The summed E-state index contributed by atoms with van der Waals surface area (Å²) >= 11 is 1.65. The molecule has 17 heavy (non-hydrogen) atoms. The number of rotatable bonds is 4. The zero-order valence-corrected chi connectivity index (χ0v) is 10.7. The van der Waals surface area contributed by atoms with Crippen molar-refractivity contribution in [3.8, 4) is 0 Å². The zero-order chi connectivity index (χ0) is 11.8. The van der Waals surface area contributed by atoms with Crippen LogP contribution in [0.2, 0.25) is 0 Å². The second kappa shape index (κ2) is 4.42. The molecule has 0 aromatic carbocycles. The number of thiophene rings is 1. The van der Waals surface area contributed by atoms with Crippen molar-refractivity contribution in [2.45, 2.75) is 38.1 Å². The van der Waals surface area contributed by atoms with Gasteiger partial charge >= 0.3 is 0 Å². The highest BCUT2D eigenvalue weighted by molar-refractivity contribution is 7.14. The van der Waals surface area contributed by atoms with E-state index in [0.717, 1.165) is 17.7 Å². The van der Waals surface area contributed by atoms with Crippen molar-refractivity contribution in [2.75, 3.05) is 6.54 Å². The van der Waals surface area contributed by atoms with Crippen molar-refractivity contribution < 1.29 is 4.79 Å². The topological polar surface area (TPSA) is 55.1 Å². The molecule has 0 bridgehead atoms. The minimum Gasteiger partial charge on any atom is -0.350 e.